The van der Waals surface area contributed by atoms with Crippen LogP contribution in [0.2, 0.25) is 0 Å². The topological polar surface area (TPSA) is 428 Å². The van der Waals surface area contributed by atoms with E-state index in [0.717, 1.165) is 4.90 Å². The molecule has 0 aromatic heterocycles. The summed E-state index contributed by atoms with van der Waals surface area (Å²) in [7, 11) is 1.26. The minimum atomic E-state index is -2.08. The fourth-order valence-electron chi connectivity index (χ4n) is 9.23. The van der Waals surface area contributed by atoms with Crippen LogP contribution in [0, 0.1) is 20.2 Å². The molecule has 5 rings (SSSR count). The van der Waals surface area contributed by atoms with Crippen LogP contribution in [-0.4, -0.2) is 201 Å². The molecule has 3 aliphatic rings. The first-order valence-corrected chi connectivity index (χ1v) is 28.3. The number of aliphatic hydroxyl groups excluding tert-OH is 3. The van der Waals surface area contributed by atoms with Gasteiger partial charge >= 0.3 is 30.5 Å². The van der Waals surface area contributed by atoms with Gasteiger partial charge in [0.2, 0.25) is 6.29 Å². The molecule has 32 heteroatoms. The highest BCUT2D eigenvalue weighted by Crippen LogP contribution is 2.35. The molecular weight excluding hydrogens is 1170 g/mol. The molecule has 2 aromatic carbocycles. The fourth-order valence-corrected chi connectivity index (χ4v) is 9.23. The van der Waals surface area contributed by atoms with Crippen LogP contribution in [0.25, 0.3) is 0 Å². The van der Waals surface area contributed by atoms with Crippen LogP contribution < -0.4 is 31.9 Å². The number of non-ortho nitro benzene ring substituents is 2. The first-order valence-electron chi connectivity index (χ1n) is 28.3. The minimum absolute atomic E-state index is 0.0326. The van der Waals surface area contributed by atoms with Crippen LogP contribution in [0.3, 0.4) is 0 Å². The van der Waals surface area contributed by atoms with Crippen molar-refractivity contribution < 1.29 is 102 Å². The second-order valence-electron chi connectivity index (χ2n) is 24.4. The van der Waals surface area contributed by atoms with Crippen molar-refractivity contribution >= 4 is 47.7 Å². The van der Waals surface area contributed by atoms with Gasteiger partial charge in [0.1, 0.15) is 71.9 Å². The standard InChI is InChI=1S/C56H83N9O23/c1-53(2,3)86-48(70)58-24-12-23-57-26-35-21-22-36(61-50(72)80-28-31-13-17-33(18-14-31)64(76)77)46(83-35)84-43-38(62-51(73)81-29-32-15-19-34(20-16-32)65(78)79)25-37(60-45(69)39(66)27-59-49(71)87-54(4,5)6)42(40(43)67)85-47-41(68)44(56(10,75)30-82-47)63(11)52(74)88-55(7,8)9/h13-21,36-44,46-47,57,66-68,75H,12,22-30H2,1-11H3,(H,58,70)(H,59,71)(H,60,69)(H,61,72)(H,62,73)/t36-,37-,38+,39-,40-,41-,42+,43-,44-,46-,47-,56+/m1/s1. The van der Waals surface area contributed by atoms with Crippen molar-refractivity contribution in [2.24, 2.45) is 0 Å². The van der Waals surface area contributed by atoms with Gasteiger partial charge in [0.05, 0.1) is 53.7 Å². The Morgan fingerprint density at radius 1 is 0.693 bits per heavy atom. The lowest BCUT2D eigenvalue weighted by Crippen LogP contribution is -2.71. The Morgan fingerprint density at radius 2 is 1.18 bits per heavy atom. The summed E-state index contributed by atoms with van der Waals surface area (Å²) >= 11 is 0. The summed E-state index contributed by atoms with van der Waals surface area (Å²) in [4.78, 5) is 102. The third kappa shape index (κ3) is 22.5. The second kappa shape index (κ2) is 31.0. The number of aliphatic hydroxyl groups is 4. The van der Waals surface area contributed by atoms with Crippen molar-refractivity contribution in [3.05, 3.63) is 91.7 Å². The van der Waals surface area contributed by atoms with Crippen LogP contribution >= 0.6 is 0 Å². The number of nitro groups is 2. The van der Waals surface area contributed by atoms with E-state index < -0.39 is 162 Å². The van der Waals surface area contributed by atoms with E-state index in [1.807, 2.05) is 0 Å². The lowest BCUT2D eigenvalue weighted by molar-refractivity contribution is -0.385. The van der Waals surface area contributed by atoms with Gasteiger partial charge in [-0.2, -0.15) is 0 Å². The maximum Gasteiger partial charge on any atom is 0.410 e. The van der Waals surface area contributed by atoms with Gasteiger partial charge in [-0.05, 0) is 137 Å². The normalized spacial score (nSPS) is 25.0. The van der Waals surface area contributed by atoms with Crippen LogP contribution in [-0.2, 0) is 60.6 Å². The van der Waals surface area contributed by atoms with Crippen LogP contribution in [0.5, 0.6) is 0 Å². The maximum absolute atomic E-state index is 14.0. The van der Waals surface area contributed by atoms with E-state index >= 15 is 0 Å². The first-order chi connectivity index (χ1) is 41.0. The molecule has 0 radical (unpaired) electrons. The fraction of sp³-hybridized carbons (Fsp3) is 0.643. The summed E-state index contributed by atoms with van der Waals surface area (Å²) in [6.45, 7) is 14.6. The smallest absolute Gasteiger partial charge is 0.410 e. The summed E-state index contributed by atoms with van der Waals surface area (Å²) in [6.07, 6.45) is -16.2. The Bertz CT molecular complexity index is 2750. The number of likely N-dealkylation sites (N-methyl/N-ethyl adjacent to an activating group) is 1. The van der Waals surface area contributed by atoms with Gasteiger partial charge in [0.25, 0.3) is 17.3 Å². The molecular formula is C56H83N9O23. The number of ether oxygens (including phenoxy) is 9. The van der Waals surface area contributed by atoms with Crippen molar-refractivity contribution in [2.75, 3.05) is 39.8 Å². The number of nitro benzene ring substituents is 2. The number of amides is 6. The minimum Gasteiger partial charge on any atom is -0.466 e. The van der Waals surface area contributed by atoms with Crippen molar-refractivity contribution in [3.63, 3.8) is 0 Å². The molecule has 1 aliphatic carbocycles. The third-order valence-electron chi connectivity index (χ3n) is 13.2. The van der Waals surface area contributed by atoms with Crippen molar-refractivity contribution in [2.45, 2.75) is 191 Å². The molecule has 32 nitrogen and oxygen atoms in total. The summed E-state index contributed by atoms with van der Waals surface area (Å²) < 4.78 is 52.3. The van der Waals surface area contributed by atoms with Crippen molar-refractivity contribution in [1.82, 2.24) is 36.8 Å². The molecule has 12 atom stereocenters. The van der Waals surface area contributed by atoms with Crippen LogP contribution in [0.4, 0.5) is 35.3 Å². The zero-order chi connectivity index (χ0) is 65.5. The number of carbonyl (C=O) groups is 6. The van der Waals surface area contributed by atoms with E-state index in [-0.39, 0.29) is 43.3 Å². The highest BCUT2D eigenvalue weighted by Gasteiger charge is 2.55. The average Bonchev–Trinajstić information content (AvgIpc) is 1.29. The molecule has 0 bridgehead atoms. The Hall–Kier alpha value is -7.72. The van der Waals surface area contributed by atoms with E-state index in [9.17, 15) is 69.4 Å². The summed E-state index contributed by atoms with van der Waals surface area (Å²) in [6, 6.07) is 4.60. The van der Waals surface area contributed by atoms with Gasteiger partial charge in [0.15, 0.2) is 6.29 Å². The van der Waals surface area contributed by atoms with Gasteiger partial charge in [-0.15, -0.1) is 0 Å². The Kier molecular flexibility index (Phi) is 25.0. The molecule has 2 aromatic rings. The third-order valence-corrected chi connectivity index (χ3v) is 13.2. The van der Waals surface area contributed by atoms with Gasteiger partial charge in [-0.25, -0.2) is 24.0 Å². The number of carbonyl (C=O) groups excluding carboxylic acids is 6. The number of hydrogen-bond acceptors (Lipinski definition) is 24. The molecule has 6 amide bonds. The predicted octanol–water partition coefficient (Wildman–Crippen LogP) is 3.14. The summed E-state index contributed by atoms with van der Waals surface area (Å²) in [5.74, 6) is -0.913. The zero-order valence-corrected chi connectivity index (χ0v) is 51.0. The molecule has 2 heterocycles. The predicted molar refractivity (Wildman–Crippen MR) is 306 cm³/mol. The number of alkyl carbamates (subject to hydrolysis) is 4. The zero-order valence-electron chi connectivity index (χ0n) is 51.0. The van der Waals surface area contributed by atoms with E-state index in [1.165, 1.54) is 62.5 Å². The monoisotopic (exact) mass is 1250 g/mol. The molecule has 2 fully saturated rings. The molecule has 10 N–H and O–H groups in total. The molecule has 490 valence electrons. The van der Waals surface area contributed by atoms with E-state index in [0.29, 0.717) is 24.1 Å². The quantitative estimate of drug-likeness (QED) is 0.0331. The highest BCUT2D eigenvalue weighted by molar-refractivity contribution is 5.82. The Balaban J connectivity index is 1.52. The van der Waals surface area contributed by atoms with Crippen LogP contribution in [0.15, 0.2) is 60.4 Å². The number of nitrogens with zero attached hydrogens (tertiary/aromatic N) is 3. The average molecular weight is 1250 g/mol. The second-order valence-corrected chi connectivity index (χ2v) is 24.4. The van der Waals surface area contributed by atoms with Crippen LogP contribution in [0.1, 0.15) is 99.6 Å². The first kappa shape index (κ1) is 71.0. The summed E-state index contributed by atoms with van der Waals surface area (Å²) in [5.41, 5.74) is -4.39. The number of rotatable bonds is 23. The Morgan fingerprint density at radius 3 is 1.69 bits per heavy atom. The lowest BCUT2D eigenvalue weighted by atomic mass is 9.82. The molecule has 0 unspecified atom stereocenters. The lowest BCUT2D eigenvalue weighted by Gasteiger charge is -2.50. The number of hydrogen-bond donors (Lipinski definition) is 10. The molecule has 1 saturated carbocycles. The maximum atomic E-state index is 14.0. The number of benzene rings is 2. The van der Waals surface area contributed by atoms with Gasteiger partial charge in [0, 0.05) is 37.9 Å². The van der Waals surface area contributed by atoms with Gasteiger partial charge in [-0.1, -0.05) is 0 Å². The van der Waals surface area contributed by atoms with E-state index in [4.69, 9.17) is 42.6 Å². The van der Waals surface area contributed by atoms with Gasteiger partial charge < -0.3 is 99.9 Å². The molecule has 88 heavy (non-hydrogen) atoms. The van der Waals surface area contributed by atoms with Gasteiger partial charge in [-0.3, -0.25) is 25.0 Å². The van der Waals surface area contributed by atoms with Crippen molar-refractivity contribution in [1.29, 1.82) is 0 Å². The molecule has 1 saturated heterocycles. The van der Waals surface area contributed by atoms with Crippen molar-refractivity contribution in [3.8, 4) is 0 Å². The number of nitrogens with one attached hydrogen (secondary N) is 6. The molecule has 2 aliphatic heterocycles. The highest BCUT2D eigenvalue weighted by atomic mass is 16.7. The largest absolute Gasteiger partial charge is 0.466 e. The van der Waals surface area contributed by atoms with E-state index in [1.54, 1.807) is 68.4 Å². The molecule has 0 spiro atoms. The Labute approximate surface area is 507 Å². The summed E-state index contributed by atoms with van der Waals surface area (Å²) in [5, 5.41) is 86.2. The van der Waals surface area contributed by atoms with E-state index in [2.05, 4.69) is 31.9 Å². The SMILES string of the molecule is CN(C(=O)OC(C)(C)C)[C@@H]1[C@@H](O)[C@@H](O[C@@H]2[C@@H](O)[C@H](O[C@H]3OC(CNCCCNC(=O)OC(C)(C)C)=CC[C@H]3NC(=O)OCc3ccc([N+](=O)[O-])cc3)[C@@H](NC(=O)OCc3ccc([N+](=O)[O-])cc3)C[C@H]2NC(=O)[C@H](O)CNC(=O)OC(C)(C)C)OC[C@]1(C)O.